The molecule has 0 saturated carbocycles. The van der Waals surface area contributed by atoms with Crippen molar-refractivity contribution >= 4 is 37.5 Å². The van der Waals surface area contributed by atoms with Gasteiger partial charge in [-0.15, -0.1) is 0 Å². The molecule has 38 heavy (non-hydrogen) atoms. The minimum absolute atomic E-state index is 0.0752. The highest BCUT2D eigenvalue weighted by molar-refractivity contribution is 7.89. The van der Waals surface area contributed by atoms with Gasteiger partial charge in [0.25, 0.3) is 0 Å². The summed E-state index contributed by atoms with van der Waals surface area (Å²) in [4.78, 5) is 29.4. The van der Waals surface area contributed by atoms with Gasteiger partial charge in [-0.25, -0.2) is 8.42 Å². The number of nitrogens with one attached hydrogen (secondary N) is 1. The van der Waals surface area contributed by atoms with Gasteiger partial charge in [-0.05, 0) is 50.1 Å². The fourth-order valence-corrected chi connectivity index (χ4v) is 7.56. The smallest absolute Gasteiger partial charge is 0.305 e. The van der Waals surface area contributed by atoms with Gasteiger partial charge in [0.2, 0.25) is 15.9 Å². The summed E-state index contributed by atoms with van der Waals surface area (Å²) in [6.45, 7) is 4.62. The number of sulfonamides is 1. The first-order valence-corrected chi connectivity index (χ1v) is 14.7. The van der Waals surface area contributed by atoms with Crippen LogP contribution in [0, 0.1) is 0 Å². The van der Waals surface area contributed by atoms with Crippen molar-refractivity contribution in [2.24, 2.45) is 0 Å². The monoisotopic (exact) mass is 563 g/mol. The van der Waals surface area contributed by atoms with E-state index in [0.717, 1.165) is 17.8 Å². The quantitative estimate of drug-likeness (QED) is 0.401. The zero-order chi connectivity index (χ0) is 27.4. The van der Waals surface area contributed by atoms with E-state index in [0.29, 0.717) is 53.4 Å². The molecular formula is C26H33N3O7S2. The number of hydrogen-bond acceptors (Lipinski definition) is 8. The zero-order valence-electron chi connectivity index (χ0n) is 21.9. The van der Waals surface area contributed by atoms with Crippen LogP contribution in [0.2, 0.25) is 0 Å². The van der Waals surface area contributed by atoms with E-state index in [1.54, 1.807) is 50.3 Å². The van der Waals surface area contributed by atoms with Crippen LogP contribution in [0.4, 0.5) is 0 Å². The molecule has 206 valence electrons. The Morgan fingerprint density at radius 1 is 1.08 bits per heavy atom. The first-order valence-electron chi connectivity index (χ1n) is 12.5. The molecule has 2 heterocycles. The van der Waals surface area contributed by atoms with Gasteiger partial charge in [-0.2, -0.15) is 4.31 Å². The number of carbonyl (C=O) groups excluding carboxylic acids is 1. The molecule has 1 amide bonds. The van der Waals surface area contributed by atoms with Crippen molar-refractivity contribution < 1.29 is 27.4 Å². The number of amides is 1. The number of hydrogen-bond donors (Lipinski definition) is 1. The van der Waals surface area contributed by atoms with Crippen LogP contribution in [-0.4, -0.2) is 74.5 Å². The normalized spacial score (nSPS) is 18.9. The van der Waals surface area contributed by atoms with Gasteiger partial charge < -0.3 is 24.1 Å². The molecule has 0 spiro atoms. The SMILES string of the molecule is CCCC1CCN(CCOc2ccc(OC)c(OC)c2)C(=O)C(C)N1S(=O)(=O)c1ccc2[nH]c(=O)sc2c1. The molecule has 0 aliphatic carbocycles. The van der Waals surface area contributed by atoms with Crippen LogP contribution in [0.25, 0.3) is 10.2 Å². The maximum absolute atomic E-state index is 13.9. The first-order chi connectivity index (χ1) is 18.2. The van der Waals surface area contributed by atoms with Crippen LogP contribution in [0.15, 0.2) is 46.1 Å². The second-order valence-electron chi connectivity index (χ2n) is 9.11. The summed E-state index contributed by atoms with van der Waals surface area (Å²) < 4.78 is 46.1. The van der Waals surface area contributed by atoms with Crippen LogP contribution in [-0.2, 0) is 14.8 Å². The summed E-state index contributed by atoms with van der Waals surface area (Å²) in [7, 11) is -0.901. The lowest BCUT2D eigenvalue weighted by Crippen LogP contribution is -2.50. The predicted octanol–water partition coefficient (Wildman–Crippen LogP) is 3.47. The van der Waals surface area contributed by atoms with E-state index in [2.05, 4.69) is 4.98 Å². The summed E-state index contributed by atoms with van der Waals surface area (Å²) in [5.41, 5.74) is 0.588. The molecule has 1 aliphatic heterocycles. The molecule has 0 radical (unpaired) electrons. The number of benzene rings is 2. The number of fused-ring (bicyclic) bond motifs is 1. The molecule has 0 bridgehead atoms. The Labute approximate surface area is 226 Å². The van der Waals surface area contributed by atoms with Crippen LogP contribution in [0.5, 0.6) is 17.2 Å². The van der Waals surface area contributed by atoms with Crippen LogP contribution in [0.1, 0.15) is 33.1 Å². The average molecular weight is 564 g/mol. The van der Waals surface area contributed by atoms with Gasteiger partial charge in [-0.3, -0.25) is 9.59 Å². The van der Waals surface area contributed by atoms with E-state index in [1.807, 2.05) is 6.92 Å². The Hall–Kier alpha value is -3.09. The maximum atomic E-state index is 13.9. The molecule has 1 fully saturated rings. The van der Waals surface area contributed by atoms with Gasteiger partial charge in [0, 0.05) is 18.7 Å². The summed E-state index contributed by atoms with van der Waals surface area (Å²) >= 11 is 0.959. The maximum Gasteiger partial charge on any atom is 0.305 e. The molecule has 12 heteroatoms. The third kappa shape index (κ3) is 5.67. The molecule has 1 saturated heterocycles. The first kappa shape index (κ1) is 27.9. The lowest BCUT2D eigenvalue weighted by atomic mass is 10.1. The fraction of sp³-hybridized carbons (Fsp3) is 0.462. The molecule has 1 N–H and O–H groups in total. The van der Waals surface area contributed by atoms with Gasteiger partial charge in [0.05, 0.1) is 35.9 Å². The summed E-state index contributed by atoms with van der Waals surface area (Å²) in [6.07, 6.45) is 1.92. The standard InChI is InChI=1S/C26H33N3O7S2/c1-5-6-18-11-12-28(13-14-36-19-7-10-22(34-3)23(15-19)35-4)25(30)17(2)29(18)38(32,33)20-8-9-21-24(16-20)37-26(31)27-21/h7-10,15-18H,5-6,11-14H2,1-4H3,(H,27,31). The van der Waals surface area contributed by atoms with Crippen molar-refractivity contribution in [3.63, 3.8) is 0 Å². The highest BCUT2D eigenvalue weighted by Crippen LogP contribution is 2.32. The van der Waals surface area contributed by atoms with Crippen LogP contribution in [0.3, 0.4) is 0 Å². The summed E-state index contributed by atoms with van der Waals surface area (Å²) in [5, 5.41) is 0. The van der Waals surface area contributed by atoms with Gasteiger partial charge in [0.1, 0.15) is 18.4 Å². The molecule has 1 aliphatic rings. The van der Waals surface area contributed by atoms with E-state index < -0.39 is 16.1 Å². The molecule has 4 rings (SSSR count). The number of methoxy groups -OCH3 is 2. The van der Waals surface area contributed by atoms with Crippen LogP contribution < -0.4 is 19.1 Å². The van der Waals surface area contributed by atoms with Crippen molar-refractivity contribution in [2.75, 3.05) is 33.9 Å². The Kier molecular flexibility index (Phi) is 8.64. The zero-order valence-corrected chi connectivity index (χ0v) is 23.6. The molecule has 2 atom stereocenters. The fourth-order valence-electron chi connectivity index (χ4n) is 4.85. The highest BCUT2D eigenvalue weighted by Gasteiger charge is 2.42. The minimum Gasteiger partial charge on any atom is -0.493 e. The van der Waals surface area contributed by atoms with Crippen molar-refractivity contribution in [3.05, 3.63) is 46.1 Å². The van der Waals surface area contributed by atoms with Crippen molar-refractivity contribution in [3.8, 4) is 17.2 Å². The average Bonchev–Trinajstić information content (AvgIpc) is 3.23. The topological polar surface area (TPSA) is 118 Å². The number of nitrogens with zero attached hydrogens (tertiary/aromatic N) is 2. The summed E-state index contributed by atoms with van der Waals surface area (Å²) in [6, 6.07) is 8.59. The Morgan fingerprint density at radius 2 is 1.84 bits per heavy atom. The van der Waals surface area contributed by atoms with E-state index >= 15 is 0 Å². The Bertz CT molecular complexity index is 1450. The molecule has 2 aromatic carbocycles. The predicted molar refractivity (Wildman–Crippen MR) is 146 cm³/mol. The number of aromatic amines is 1. The third-order valence-electron chi connectivity index (χ3n) is 6.72. The third-order valence-corrected chi connectivity index (χ3v) is 9.58. The molecule has 10 nitrogen and oxygen atoms in total. The second-order valence-corrected chi connectivity index (χ2v) is 12.0. The van der Waals surface area contributed by atoms with E-state index in [9.17, 15) is 18.0 Å². The number of H-pyrrole nitrogens is 1. The Morgan fingerprint density at radius 3 is 2.55 bits per heavy atom. The van der Waals surface area contributed by atoms with Gasteiger partial charge in [-0.1, -0.05) is 24.7 Å². The number of rotatable bonds is 10. The van der Waals surface area contributed by atoms with E-state index in [-0.39, 0.29) is 28.3 Å². The minimum atomic E-state index is -4.00. The molecular weight excluding hydrogens is 530 g/mol. The highest BCUT2D eigenvalue weighted by atomic mass is 32.2. The summed E-state index contributed by atoms with van der Waals surface area (Å²) in [5.74, 6) is 1.44. The number of thiazole rings is 1. The van der Waals surface area contributed by atoms with Crippen molar-refractivity contribution in [2.45, 2.75) is 50.1 Å². The van der Waals surface area contributed by atoms with Crippen molar-refractivity contribution in [1.29, 1.82) is 0 Å². The van der Waals surface area contributed by atoms with Crippen LogP contribution >= 0.6 is 11.3 Å². The number of carbonyl (C=O) groups is 1. The second kappa shape index (κ2) is 11.7. The van der Waals surface area contributed by atoms with Crippen molar-refractivity contribution in [1.82, 2.24) is 14.2 Å². The molecule has 2 unspecified atom stereocenters. The lowest BCUT2D eigenvalue weighted by molar-refractivity contribution is -0.134. The largest absolute Gasteiger partial charge is 0.493 e. The van der Waals surface area contributed by atoms with Gasteiger partial charge >= 0.3 is 4.87 Å². The number of aromatic nitrogens is 1. The van der Waals surface area contributed by atoms with Gasteiger partial charge in [0.15, 0.2) is 11.5 Å². The molecule has 1 aromatic heterocycles. The lowest BCUT2D eigenvalue weighted by Gasteiger charge is -2.32. The van der Waals surface area contributed by atoms with E-state index in [1.165, 1.54) is 16.4 Å². The molecule has 3 aromatic rings. The Balaban J connectivity index is 1.53. The van der Waals surface area contributed by atoms with E-state index in [4.69, 9.17) is 14.2 Å². The number of ether oxygens (including phenoxy) is 3.